The monoisotopic (exact) mass is 444 g/mol. The highest BCUT2D eigenvalue weighted by Gasteiger charge is 1.97. The maximum absolute atomic E-state index is 9.31. The Labute approximate surface area is 201 Å². The van der Waals surface area contributed by atoms with E-state index in [-0.39, 0.29) is 0 Å². The van der Waals surface area contributed by atoms with Crippen molar-refractivity contribution in [2.75, 3.05) is 0 Å². The second-order valence-corrected chi connectivity index (χ2v) is 10.2. The second-order valence-electron chi connectivity index (χ2n) is 10.2. The fourth-order valence-corrected chi connectivity index (χ4v) is 4.78. The zero-order valence-corrected chi connectivity index (χ0v) is 21.7. The number of hydrogen-bond acceptors (Lipinski definition) is 1. The number of hydrogen-bond donors (Lipinski definition) is 1. The van der Waals surface area contributed by atoms with E-state index in [1.807, 2.05) is 12.1 Å². The average Bonchev–Trinajstić information content (AvgIpc) is 2.81. The van der Waals surface area contributed by atoms with Gasteiger partial charge in [0.25, 0.3) is 0 Å². The predicted octanol–water partition coefficient (Wildman–Crippen LogP) is 10.9. The van der Waals surface area contributed by atoms with Crippen LogP contribution in [0.15, 0.2) is 24.3 Å². The van der Waals surface area contributed by atoms with Gasteiger partial charge in [-0.25, -0.2) is 0 Å². The number of phenols is 1. The molecule has 0 radical (unpaired) electrons. The lowest BCUT2D eigenvalue weighted by atomic mass is 10.0. The summed E-state index contributed by atoms with van der Waals surface area (Å²) in [5, 5.41) is 9.31. The van der Waals surface area contributed by atoms with Crippen LogP contribution in [0.1, 0.15) is 160 Å². The number of phenolic OH excluding ortho intramolecular Hbond substituents is 1. The number of rotatable bonds is 24. The van der Waals surface area contributed by atoms with Gasteiger partial charge in [0.15, 0.2) is 0 Å². The lowest BCUT2D eigenvalue weighted by Gasteiger charge is -2.04. The van der Waals surface area contributed by atoms with Crippen LogP contribution in [-0.4, -0.2) is 5.11 Å². The van der Waals surface area contributed by atoms with Gasteiger partial charge in [0.2, 0.25) is 0 Å². The summed E-state index contributed by atoms with van der Waals surface area (Å²) >= 11 is 0. The molecule has 186 valence electrons. The fraction of sp³-hybridized carbons (Fsp3) is 0.806. The van der Waals surface area contributed by atoms with E-state index in [0.717, 1.165) is 6.42 Å². The Hall–Kier alpha value is -0.980. The van der Waals surface area contributed by atoms with Crippen LogP contribution in [0, 0.1) is 0 Å². The van der Waals surface area contributed by atoms with E-state index in [0.29, 0.717) is 5.75 Å². The smallest absolute Gasteiger partial charge is 0.115 e. The molecule has 0 atom stereocenters. The first-order valence-electron chi connectivity index (χ1n) is 14.6. The molecule has 0 unspecified atom stereocenters. The third kappa shape index (κ3) is 19.7. The lowest BCUT2D eigenvalue weighted by molar-refractivity contribution is 0.475. The van der Waals surface area contributed by atoms with Crippen molar-refractivity contribution in [3.8, 4) is 5.75 Å². The first-order chi connectivity index (χ1) is 15.8. The van der Waals surface area contributed by atoms with Crippen LogP contribution in [0.25, 0.3) is 0 Å². The van der Waals surface area contributed by atoms with Crippen molar-refractivity contribution in [2.45, 2.75) is 161 Å². The minimum absolute atomic E-state index is 0.373. The first-order valence-corrected chi connectivity index (χ1v) is 14.6. The minimum atomic E-state index is 0.373. The molecule has 0 aliphatic heterocycles. The molecule has 1 nitrogen and oxygen atoms in total. The molecule has 0 aromatic heterocycles. The van der Waals surface area contributed by atoms with Crippen LogP contribution >= 0.6 is 0 Å². The zero-order valence-electron chi connectivity index (χ0n) is 21.7. The summed E-state index contributed by atoms with van der Waals surface area (Å²) in [5.41, 5.74) is 1.35. The molecule has 1 rings (SSSR count). The highest BCUT2D eigenvalue weighted by atomic mass is 16.3. The Morgan fingerprint density at radius 3 is 1.00 bits per heavy atom. The maximum atomic E-state index is 9.31. The molecule has 0 fully saturated rings. The molecule has 1 aromatic rings. The van der Waals surface area contributed by atoms with Crippen LogP contribution < -0.4 is 0 Å². The molecule has 0 bridgehead atoms. The molecule has 32 heavy (non-hydrogen) atoms. The SMILES string of the molecule is CCCCCCCCCCCCCCCCCCCCCCCCCc1ccc(O)cc1. The van der Waals surface area contributed by atoms with Crippen molar-refractivity contribution < 1.29 is 5.11 Å². The van der Waals surface area contributed by atoms with Crippen LogP contribution in [0.5, 0.6) is 5.75 Å². The molecule has 0 amide bonds. The number of aryl methyl sites for hydroxylation is 1. The number of benzene rings is 1. The molecular weight excluding hydrogens is 388 g/mol. The number of aromatic hydroxyl groups is 1. The van der Waals surface area contributed by atoms with Gasteiger partial charge in [-0.3, -0.25) is 0 Å². The van der Waals surface area contributed by atoms with Gasteiger partial charge in [0.05, 0.1) is 0 Å². The largest absolute Gasteiger partial charge is 0.508 e. The first kappa shape index (κ1) is 29.1. The van der Waals surface area contributed by atoms with E-state index in [1.54, 1.807) is 12.1 Å². The summed E-state index contributed by atoms with van der Waals surface area (Å²) < 4.78 is 0. The molecule has 0 aliphatic carbocycles. The summed E-state index contributed by atoms with van der Waals surface area (Å²) in [5.74, 6) is 0.373. The lowest BCUT2D eigenvalue weighted by Crippen LogP contribution is -1.86. The van der Waals surface area contributed by atoms with Crippen LogP contribution in [0.3, 0.4) is 0 Å². The van der Waals surface area contributed by atoms with Crippen LogP contribution in [0.4, 0.5) is 0 Å². The van der Waals surface area contributed by atoms with E-state index in [1.165, 1.54) is 153 Å². The summed E-state index contributed by atoms with van der Waals surface area (Å²) in [6, 6.07) is 7.70. The molecule has 0 saturated carbocycles. The van der Waals surface area contributed by atoms with E-state index in [2.05, 4.69) is 6.92 Å². The van der Waals surface area contributed by atoms with Crippen molar-refractivity contribution >= 4 is 0 Å². The zero-order chi connectivity index (χ0) is 23.0. The van der Waals surface area contributed by atoms with Crippen molar-refractivity contribution in [1.82, 2.24) is 0 Å². The van der Waals surface area contributed by atoms with Gasteiger partial charge >= 0.3 is 0 Å². The van der Waals surface area contributed by atoms with Gasteiger partial charge in [-0.2, -0.15) is 0 Å². The Bertz CT molecular complexity index is 478. The Kier molecular flexibility index (Phi) is 21.1. The number of unbranched alkanes of at least 4 members (excludes halogenated alkanes) is 22. The third-order valence-corrected chi connectivity index (χ3v) is 7.01. The Balaban J connectivity index is 1.67. The maximum Gasteiger partial charge on any atom is 0.115 e. The van der Waals surface area contributed by atoms with Crippen molar-refractivity contribution in [2.24, 2.45) is 0 Å². The van der Waals surface area contributed by atoms with Gasteiger partial charge in [-0.1, -0.05) is 160 Å². The molecular formula is C31H56O. The Morgan fingerprint density at radius 2 is 0.688 bits per heavy atom. The van der Waals surface area contributed by atoms with Crippen molar-refractivity contribution in [1.29, 1.82) is 0 Å². The standard InChI is InChI=1S/C31H56O/c1-2-3-4-5-6-7-8-9-10-11-12-13-14-15-16-17-18-19-20-21-22-23-24-25-30-26-28-31(32)29-27-30/h26-29,32H,2-25H2,1H3. The highest BCUT2D eigenvalue weighted by Crippen LogP contribution is 2.16. The van der Waals surface area contributed by atoms with E-state index in [9.17, 15) is 5.11 Å². The molecule has 0 heterocycles. The highest BCUT2D eigenvalue weighted by molar-refractivity contribution is 5.25. The van der Waals surface area contributed by atoms with Crippen molar-refractivity contribution in [3.05, 3.63) is 29.8 Å². The van der Waals surface area contributed by atoms with Crippen molar-refractivity contribution in [3.63, 3.8) is 0 Å². The third-order valence-electron chi connectivity index (χ3n) is 7.01. The topological polar surface area (TPSA) is 20.2 Å². The van der Waals surface area contributed by atoms with Crippen LogP contribution in [-0.2, 0) is 6.42 Å². The van der Waals surface area contributed by atoms with E-state index >= 15 is 0 Å². The molecule has 1 heteroatoms. The Morgan fingerprint density at radius 1 is 0.406 bits per heavy atom. The van der Waals surface area contributed by atoms with E-state index in [4.69, 9.17) is 0 Å². The van der Waals surface area contributed by atoms with E-state index < -0.39 is 0 Å². The predicted molar refractivity (Wildman–Crippen MR) is 144 cm³/mol. The summed E-state index contributed by atoms with van der Waals surface area (Å²) in [6.07, 6.45) is 34.3. The van der Waals surface area contributed by atoms with Gasteiger partial charge in [0.1, 0.15) is 5.75 Å². The molecule has 0 aliphatic rings. The fourth-order valence-electron chi connectivity index (χ4n) is 4.78. The second kappa shape index (κ2) is 23.2. The summed E-state index contributed by atoms with van der Waals surface area (Å²) in [6.45, 7) is 2.30. The normalized spacial score (nSPS) is 11.3. The molecule has 1 N–H and O–H groups in total. The van der Waals surface area contributed by atoms with Gasteiger partial charge in [0, 0.05) is 0 Å². The molecule has 0 spiro atoms. The van der Waals surface area contributed by atoms with Gasteiger partial charge in [-0.15, -0.1) is 0 Å². The molecule has 1 aromatic carbocycles. The minimum Gasteiger partial charge on any atom is -0.508 e. The summed E-state index contributed by atoms with van der Waals surface area (Å²) in [4.78, 5) is 0. The van der Waals surface area contributed by atoms with Gasteiger partial charge in [-0.05, 0) is 30.5 Å². The van der Waals surface area contributed by atoms with Crippen LogP contribution in [0.2, 0.25) is 0 Å². The van der Waals surface area contributed by atoms with Gasteiger partial charge < -0.3 is 5.11 Å². The summed E-state index contributed by atoms with van der Waals surface area (Å²) in [7, 11) is 0. The quantitative estimate of drug-likeness (QED) is 0.157. The molecule has 0 saturated heterocycles. The average molecular weight is 445 g/mol.